The lowest BCUT2D eigenvalue weighted by Gasteiger charge is -1.93. The highest BCUT2D eigenvalue weighted by Gasteiger charge is 1.98. The number of benzene rings is 1. The van der Waals surface area contributed by atoms with Gasteiger partial charge in [-0.3, -0.25) is 4.79 Å². The third-order valence-electron chi connectivity index (χ3n) is 1.26. The molecule has 0 amide bonds. The first-order valence-corrected chi connectivity index (χ1v) is 3.78. The van der Waals surface area contributed by atoms with Gasteiger partial charge >= 0.3 is 0 Å². The molecule has 0 saturated heterocycles. The van der Waals surface area contributed by atoms with Gasteiger partial charge in [0.15, 0.2) is 5.78 Å². The smallest absolute Gasteiger partial charge is 0.159 e. The zero-order valence-electron chi connectivity index (χ0n) is 5.50. The molecule has 1 aromatic carbocycles. The summed E-state index contributed by atoms with van der Waals surface area (Å²) in [6.07, 6.45) is 0. The Labute approximate surface area is 63.5 Å². The highest BCUT2D eigenvalue weighted by atomic mass is 28.1. The van der Waals surface area contributed by atoms with Gasteiger partial charge in [0.05, 0.1) is 0 Å². The van der Waals surface area contributed by atoms with Crippen LogP contribution in [0, 0.1) is 0 Å². The van der Waals surface area contributed by atoms with E-state index in [1.165, 1.54) is 0 Å². The van der Waals surface area contributed by atoms with Crippen LogP contribution in [-0.4, -0.2) is 16.0 Å². The Hall–Kier alpha value is -0.893. The van der Waals surface area contributed by atoms with Gasteiger partial charge in [-0.15, -0.1) is 0 Å². The summed E-state index contributed by atoms with van der Waals surface area (Å²) < 4.78 is 0. The molecule has 0 spiro atoms. The van der Waals surface area contributed by atoms with Crippen molar-refractivity contribution in [2.45, 2.75) is 6.04 Å². The maximum Gasteiger partial charge on any atom is 0.159 e. The van der Waals surface area contributed by atoms with Crippen molar-refractivity contribution in [2.75, 3.05) is 0 Å². The standard InChI is InChI=1S/C8H7OSi/c9-8(6-10)7-4-2-1-3-5-7/h1-5H,6H2. The lowest BCUT2D eigenvalue weighted by Crippen LogP contribution is -1.95. The SMILES string of the molecule is O=C(C[Si])c1ccccc1. The average Bonchev–Trinajstić information content (AvgIpc) is 2.05. The lowest BCUT2D eigenvalue weighted by molar-refractivity contribution is 0.101. The largest absolute Gasteiger partial charge is 0.295 e. The van der Waals surface area contributed by atoms with E-state index in [9.17, 15) is 4.79 Å². The summed E-state index contributed by atoms with van der Waals surface area (Å²) >= 11 is 0. The van der Waals surface area contributed by atoms with Crippen LogP contribution in [0.25, 0.3) is 0 Å². The number of Topliss-reactive ketones (excluding diaryl/α,β-unsaturated/α-hetero) is 1. The van der Waals surface area contributed by atoms with Crippen LogP contribution in [0.15, 0.2) is 30.3 Å². The zero-order valence-corrected chi connectivity index (χ0v) is 6.50. The van der Waals surface area contributed by atoms with Gasteiger partial charge in [-0.05, 0) is 6.04 Å². The average molecular weight is 147 g/mol. The summed E-state index contributed by atoms with van der Waals surface area (Å²) in [5, 5.41) is 0. The Morgan fingerprint density at radius 3 is 2.40 bits per heavy atom. The van der Waals surface area contributed by atoms with Crippen molar-refractivity contribution < 1.29 is 4.79 Å². The van der Waals surface area contributed by atoms with Crippen LogP contribution in [0.4, 0.5) is 0 Å². The highest BCUT2D eigenvalue weighted by Crippen LogP contribution is 2.00. The Bertz CT molecular complexity index is 218. The van der Waals surface area contributed by atoms with E-state index in [0.29, 0.717) is 6.04 Å². The van der Waals surface area contributed by atoms with E-state index >= 15 is 0 Å². The number of carbonyl (C=O) groups is 1. The summed E-state index contributed by atoms with van der Waals surface area (Å²) in [4.78, 5) is 11.0. The number of carbonyl (C=O) groups excluding carboxylic acids is 1. The monoisotopic (exact) mass is 147 g/mol. The molecule has 0 N–H and O–H groups in total. The second kappa shape index (κ2) is 3.32. The van der Waals surface area contributed by atoms with Crippen LogP contribution in [0.3, 0.4) is 0 Å². The quantitative estimate of drug-likeness (QED) is 0.457. The molecule has 2 heteroatoms. The minimum atomic E-state index is 0.122. The second-order valence-electron chi connectivity index (χ2n) is 1.97. The Morgan fingerprint density at radius 2 is 1.90 bits per heavy atom. The normalized spacial score (nSPS) is 9.30. The molecule has 0 bridgehead atoms. The van der Waals surface area contributed by atoms with E-state index in [0.717, 1.165) is 5.56 Å². The zero-order chi connectivity index (χ0) is 7.40. The van der Waals surface area contributed by atoms with Crippen molar-refractivity contribution in [2.24, 2.45) is 0 Å². The minimum absolute atomic E-state index is 0.122. The lowest BCUT2D eigenvalue weighted by atomic mass is 10.2. The molecule has 1 nitrogen and oxygen atoms in total. The molecule has 0 aromatic heterocycles. The molecule has 0 aliphatic carbocycles. The molecule has 1 aromatic rings. The van der Waals surface area contributed by atoms with Gasteiger partial charge in [0, 0.05) is 15.8 Å². The summed E-state index contributed by atoms with van der Waals surface area (Å²) in [5.74, 6) is 0.122. The molecule has 0 aliphatic heterocycles. The van der Waals surface area contributed by atoms with Gasteiger partial charge in [0.25, 0.3) is 0 Å². The van der Waals surface area contributed by atoms with Crippen molar-refractivity contribution in [3.63, 3.8) is 0 Å². The van der Waals surface area contributed by atoms with E-state index in [-0.39, 0.29) is 5.78 Å². The van der Waals surface area contributed by atoms with Crippen LogP contribution in [0.5, 0.6) is 0 Å². The van der Waals surface area contributed by atoms with E-state index in [4.69, 9.17) is 0 Å². The molecule has 0 atom stereocenters. The van der Waals surface area contributed by atoms with Gasteiger partial charge in [-0.1, -0.05) is 30.3 Å². The van der Waals surface area contributed by atoms with Gasteiger partial charge < -0.3 is 0 Å². The first-order valence-electron chi connectivity index (χ1n) is 3.07. The van der Waals surface area contributed by atoms with Crippen LogP contribution in [0.2, 0.25) is 6.04 Å². The van der Waals surface area contributed by atoms with Crippen molar-refractivity contribution in [3.05, 3.63) is 35.9 Å². The van der Waals surface area contributed by atoms with Crippen LogP contribution < -0.4 is 0 Å². The Balaban J connectivity index is 2.85. The minimum Gasteiger partial charge on any atom is -0.295 e. The van der Waals surface area contributed by atoms with Crippen LogP contribution in [-0.2, 0) is 0 Å². The van der Waals surface area contributed by atoms with Gasteiger partial charge in [0.2, 0.25) is 0 Å². The van der Waals surface area contributed by atoms with Gasteiger partial charge in [0.1, 0.15) is 0 Å². The molecule has 10 heavy (non-hydrogen) atoms. The van der Waals surface area contributed by atoms with E-state index in [2.05, 4.69) is 10.2 Å². The molecule has 1 rings (SSSR count). The molecule has 3 radical (unpaired) electrons. The molecule has 0 heterocycles. The maximum atomic E-state index is 11.0. The third-order valence-corrected chi connectivity index (χ3v) is 1.58. The fourth-order valence-corrected chi connectivity index (χ4v) is 0.930. The van der Waals surface area contributed by atoms with Crippen LogP contribution >= 0.6 is 0 Å². The summed E-state index contributed by atoms with van der Waals surface area (Å²) in [6.45, 7) is 0. The predicted octanol–water partition coefficient (Wildman–Crippen LogP) is 1.46. The molecule has 49 valence electrons. The predicted molar refractivity (Wildman–Crippen MR) is 41.3 cm³/mol. The summed E-state index contributed by atoms with van der Waals surface area (Å²) in [6, 6.07) is 9.61. The number of hydrogen-bond donors (Lipinski definition) is 0. The topological polar surface area (TPSA) is 17.1 Å². The fraction of sp³-hybridized carbons (Fsp3) is 0.125. The number of rotatable bonds is 2. The Kier molecular flexibility index (Phi) is 2.40. The Morgan fingerprint density at radius 1 is 1.30 bits per heavy atom. The summed E-state index contributed by atoms with van der Waals surface area (Å²) in [5.41, 5.74) is 0.762. The van der Waals surface area contributed by atoms with Crippen molar-refractivity contribution >= 4 is 16.0 Å². The molecular weight excluding hydrogens is 140 g/mol. The third kappa shape index (κ3) is 1.54. The molecule has 0 fully saturated rings. The van der Waals surface area contributed by atoms with Crippen LogP contribution in [0.1, 0.15) is 10.4 Å². The highest BCUT2D eigenvalue weighted by molar-refractivity contribution is 6.23. The van der Waals surface area contributed by atoms with Gasteiger partial charge in [-0.2, -0.15) is 0 Å². The maximum absolute atomic E-state index is 11.0. The van der Waals surface area contributed by atoms with Crippen molar-refractivity contribution in [1.29, 1.82) is 0 Å². The fourth-order valence-electron chi connectivity index (χ4n) is 0.726. The van der Waals surface area contributed by atoms with Crippen molar-refractivity contribution in [1.82, 2.24) is 0 Å². The molecule has 0 saturated carbocycles. The van der Waals surface area contributed by atoms with E-state index in [1.54, 1.807) is 0 Å². The first-order chi connectivity index (χ1) is 4.84. The molecule has 0 unspecified atom stereocenters. The molecule has 0 aliphatic rings. The molecular formula is C8H7OSi. The number of hydrogen-bond acceptors (Lipinski definition) is 1. The van der Waals surface area contributed by atoms with Gasteiger partial charge in [-0.25, -0.2) is 0 Å². The second-order valence-corrected chi connectivity index (χ2v) is 2.32. The van der Waals surface area contributed by atoms with E-state index < -0.39 is 0 Å². The van der Waals surface area contributed by atoms with E-state index in [1.807, 2.05) is 30.3 Å². The van der Waals surface area contributed by atoms with Crippen molar-refractivity contribution in [3.8, 4) is 0 Å². The summed E-state index contributed by atoms with van der Waals surface area (Å²) in [7, 11) is 3.15. The number of ketones is 1. The first kappa shape index (κ1) is 7.22.